The van der Waals surface area contributed by atoms with Gasteiger partial charge in [-0.1, -0.05) is 0 Å². The first-order valence-electron chi connectivity index (χ1n) is 4.94. The Hall–Kier alpha value is -1.88. The van der Waals surface area contributed by atoms with E-state index in [1.165, 1.54) is 0 Å². The zero-order valence-corrected chi connectivity index (χ0v) is 8.96. The van der Waals surface area contributed by atoms with Crippen LogP contribution < -0.4 is 10.5 Å². The molecule has 0 bridgehead atoms. The molecular weight excluding hydrogens is 206 g/mol. The van der Waals surface area contributed by atoms with Crippen LogP contribution >= 0.6 is 0 Å². The van der Waals surface area contributed by atoms with Gasteiger partial charge in [0.1, 0.15) is 0 Å². The summed E-state index contributed by atoms with van der Waals surface area (Å²) in [4.78, 5) is 0. The Labute approximate surface area is 93.2 Å². The maximum absolute atomic E-state index is 5.99. The lowest BCUT2D eigenvalue weighted by atomic mass is 10.1. The Morgan fingerprint density at radius 2 is 2.25 bits per heavy atom. The molecule has 0 spiro atoms. The minimum atomic E-state index is -0.184. The molecule has 0 saturated carbocycles. The van der Waals surface area contributed by atoms with Gasteiger partial charge in [0.05, 0.1) is 31.4 Å². The topological polar surface area (TPSA) is 74.2 Å². The normalized spacial score (nSPS) is 12.4. The van der Waals surface area contributed by atoms with Crippen molar-refractivity contribution < 1.29 is 9.15 Å². The molecule has 0 saturated heterocycles. The fraction of sp³-hybridized carbons (Fsp3) is 0.273. The van der Waals surface area contributed by atoms with E-state index in [9.17, 15) is 0 Å². The van der Waals surface area contributed by atoms with Crippen molar-refractivity contribution in [2.45, 2.75) is 12.5 Å². The zero-order chi connectivity index (χ0) is 11.4. The standard InChI is InChI=1S/C11H13N3O2/c1-15-11-3-2-10(13-14-11)9(12)6-8-4-5-16-7-8/h2-5,7,9H,6,12H2,1H3. The molecule has 0 aliphatic carbocycles. The highest BCUT2D eigenvalue weighted by atomic mass is 16.5. The van der Waals surface area contributed by atoms with Crippen molar-refractivity contribution in [1.82, 2.24) is 10.2 Å². The largest absolute Gasteiger partial charge is 0.480 e. The number of aromatic nitrogens is 2. The molecule has 0 aliphatic rings. The quantitative estimate of drug-likeness (QED) is 0.839. The molecule has 84 valence electrons. The van der Waals surface area contributed by atoms with Crippen molar-refractivity contribution in [3.05, 3.63) is 42.0 Å². The number of nitrogens with zero attached hydrogens (tertiary/aromatic N) is 2. The van der Waals surface area contributed by atoms with Gasteiger partial charge in [-0.05, 0) is 24.1 Å². The van der Waals surface area contributed by atoms with Gasteiger partial charge in [0.15, 0.2) is 0 Å². The highest BCUT2D eigenvalue weighted by Gasteiger charge is 2.10. The van der Waals surface area contributed by atoms with Gasteiger partial charge in [-0.3, -0.25) is 0 Å². The molecule has 2 heterocycles. The van der Waals surface area contributed by atoms with E-state index < -0.39 is 0 Å². The molecule has 0 fully saturated rings. The molecule has 5 heteroatoms. The van der Waals surface area contributed by atoms with Crippen LogP contribution in [0, 0.1) is 0 Å². The van der Waals surface area contributed by atoms with Gasteiger partial charge >= 0.3 is 0 Å². The lowest BCUT2D eigenvalue weighted by Crippen LogP contribution is -2.15. The molecule has 1 unspecified atom stereocenters. The summed E-state index contributed by atoms with van der Waals surface area (Å²) in [7, 11) is 1.55. The van der Waals surface area contributed by atoms with E-state index in [1.54, 1.807) is 25.7 Å². The summed E-state index contributed by atoms with van der Waals surface area (Å²) in [5, 5.41) is 7.87. The average molecular weight is 219 g/mol. The third-order valence-electron chi connectivity index (χ3n) is 2.29. The first-order chi connectivity index (χ1) is 7.79. The van der Waals surface area contributed by atoms with Gasteiger partial charge in [0.25, 0.3) is 0 Å². The van der Waals surface area contributed by atoms with Crippen LogP contribution in [-0.4, -0.2) is 17.3 Å². The van der Waals surface area contributed by atoms with Crippen molar-refractivity contribution in [2.24, 2.45) is 5.73 Å². The van der Waals surface area contributed by atoms with E-state index in [4.69, 9.17) is 14.9 Å². The summed E-state index contributed by atoms with van der Waals surface area (Å²) < 4.78 is 9.90. The number of nitrogens with two attached hydrogens (primary N) is 1. The van der Waals surface area contributed by atoms with Crippen LogP contribution in [0.2, 0.25) is 0 Å². The Bertz CT molecular complexity index is 425. The van der Waals surface area contributed by atoms with Crippen molar-refractivity contribution >= 4 is 0 Å². The van der Waals surface area contributed by atoms with Gasteiger partial charge in [-0.2, -0.15) is 5.10 Å². The molecular formula is C11H13N3O2. The number of rotatable bonds is 4. The van der Waals surface area contributed by atoms with Gasteiger partial charge in [0.2, 0.25) is 5.88 Å². The molecule has 2 N–H and O–H groups in total. The summed E-state index contributed by atoms with van der Waals surface area (Å²) in [5.41, 5.74) is 7.78. The van der Waals surface area contributed by atoms with Gasteiger partial charge in [-0.25, -0.2) is 0 Å². The van der Waals surface area contributed by atoms with Crippen LogP contribution in [0.4, 0.5) is 0 Å². The number of hydrogen-bond acceptors (Lipinski definition) is 5. The van der Waals surface area contributed by atoms with E-state index in [-0.39, 0.29) is 6.04 Å². The van der Waals surface area contributed by atoms with E-state index >= 15 is 0 Å². The summed E-state index contributed by atoms with van der Waals surface area (Å²) in [5.74, 6) is 0.485. The summed E-state index contributed by atoms with van der Waals surface area (Å²) >= 11 is 0. The highest BCUT2D eigenvalue weighted by Crippen LogP contribution is 2.15. The van der Waals surface area contributed by atoms with E-state index in [1.807, 2.05) is 12.1 Å². The molecule has 5 nitrogen and oxygen atoms in total. The molecule has 0 radical (unpaired) electrons. The Kier molecular flexibility index (Phi) is 3.16. The minimum Gasteiger partial charge on any atom is -0.480 e. The maximum atomic E-state index is 5.99. The van der Waals surface area contributed by atoms with Gasteiger partial charge in [0, 0.05) is 6.07 Å². The van der Waals surface area contributed by atoms with Crippen molar-refractivity contribution in [3.8, 4) is 5.88 Å². The molecule has 0 amide bonds. The number of ether oxygens (including phenoxy) is 1. The predicted octanol–water partition coefficient (Wildman–Crippen LogP) is 1.32. The minimum absolute atomic E-state index is 0.184. The average Bonchev–Trinajstić information content (AvgIpc) is 2.82. The van der Waals surface area contributed by atoms with Crippen molar-refractivity contribution in [1.29, 1.82) is 0 Å². The smallest absolute Gasteiger partial charge is 0.233 e. The van der Waals surface area contributed by atoms with E-state index in [2.05, 4.69) is 10.2 Å². The lowest BCUT2D eigenvalue weighted by molar-refractivity contribution is 0.390. The maximum Gasteiger partial charge on any atom is 0.233 e. The molecule has 16 heavy (non-hydrogen) atoms. The monoisotopic (exact) mass is 219 g/mol. The highest BCUT2D eigenvalue weighted by molar-refractivity contribution is 5.17. The molecule has 2 aromatic rings. The first kappa shape index (κ1) is 10.6. The fourth-order valence-electron chi connectivity index (χ4n) is 1.40. The third-order valence-corrected chi connectivity index (χ3v) is 2.29. The summed E-state index contributed by atoms with van der Waals surface area (Å²) in [6.07, 6.45) is 3.98. The first-order valence-corrected chi connectivity index (χ1v) is 4.94. The molecule has 0 aliphatic heterocycles. The second-order valence-corrected chi connectivity index (χ2v) is 3.44. The zero-order valence-electron chi connectivity index (χ0n) is 8.96. The van der Waals surface area contributed by atoms with Gasteiger partial charge < -0.3 is 14.9 Å². The van der Waals surface area contributed by atoms with E-state index in [0.717, 1.165) is 11.3 Å². The number of hydrogen-bond donors (Lipinski definition) is 1. The van der Waals surface area contributed by atoms with Crippen LogP contribution in [0.1, 0.15) is 17.3 Å². The fourth-order valence-corrected chi connectivity index (χ4v) is 1.40. The van der Waals surface area contributed by atoms with Crippen LogP contribution in [0.25, 0.3) is 0 Å². The Morgan fingerprint density at radius 3 is 2.81 bits per heavy atom. The Morgan fingerprint density at radius 1 is 1.38 bits per heavy atom. The second kappa shape index (κ2) is 4.76. The summed E-state index contributed by atoms with van der Waals surface area (Å²) in [6.45, 7) is 0. The van der Waals surface area contributed by atoms with Gasteiger partial charge in [-0.15, -0.1) is 5.10 Å². The molecule has 0 aromatic carbocycles. The summed E-state index contributed by atoms with van der Waals surface area (Å²) in [6, 6.07) is 5.27. The lowest BCUT2D eigenvalue weighted by Gasteiger charge is -2.08. The molecule has 1 atom stereocenters. The van der Waals surface area contributed by atoms with E-state index in [0.29, 0.717) is 12.3 Å². The molecule has 2 rings (SSSR count). The predicted molar refractivity (Wildman–Crippen MR) is 57.9 cm³/mol. The molecule has 2 aromatic heterocycles. The van der Waals surface area contributed by atoms with Crippen LogP contribution in [-0.2, 0) is 6.42 Å². The van der Waals surface area contributed by atoms with Crippen molar-refractivity contribution in [3.63, 3.8) is 0 Å². The number of methoxy groups -OCH3 is 1. The second-order valence-electron chi connectivity index (χ2n) is 3.44. The van der Waals surface area contributed by atoms with Crippen LogP contribution in [0.5, 0.6) is 5.88 Å². The SMILES string of the molecule is COc1ccc(C(N)Cc2ccoc2)nn1. The van der Waals surface area contributed by atoms with Crippen LogP contribution in [0.15, 0.2) is 35.1 Å². The third kappa shape index (κ3) is 2.38. The van der Waals surface area contributed by atoms with Crippen molar-refractivity contribution in [2.75, 3.05) is 7.11 Å². The van der Waals surface area contributed by atoms with Crippen LogP contribution in [0.3, 0.4) is 0 Å². The Balaban J connectivity index is 2.05. The number of furan rings is 1.